The van der Waals surface area contributed by atoms with E-state index in [-0.39, 0.29) is 11.8 Å². The van der Waals surface area contributed by atoms with Crippen molar-refractivity contribution in [1.82, 2.24) is 10.2 Å². The summed E-state index contributed by atoms with van der Waals surface area (Å²) in [6, 6.07) is 17.9. The minimum atomic E-state index is -0.492. The van der Waals surface area contributed by atoms with Crippen molar-refractivity contribution < 1.29 is 9.59 Å². The fourth-order valence-electron chi connectivity index (χ4n) is 3.05. The topological polar surface area (TPSA) is 49.4 Å². The number of carbonyl (C=O) groups is 2. The summed E-state index contributed by atoms with van der Waals surface area (Å²) in [5.74, 6) is 1.55. The van der Waals surface area contributed by atoms with Gasteiger partial charge in [0.2, 0.25) is 11.8 Å². The van der Waals surface area contributed by atoms with Gasteiger partial charge in [-0.15, -0.1) is 0 Å². The molecule has 2 amide bonds. The summed E-state index contributed by atoms with van der Waals surface area (Å²) in [5.41, 5.74) is 3.45. The van der Waals surface area contributed by atoms with E-state index in [4.69, 9.17) is 0 Å². The van der Waals surface area contributed by atoms with Crippen molar-refractivity contribution in [2.75, 3.05) is 12.3 Å². The molecule has 0 saturated carbocycles. The first kappa shape index (κ1) is 23.0. The molecule has 5 heteroatoms. The molecule has 2 rings (SSSR count). The number of amides is 2. The van der Waals surface area contributed by atoms with Crippen molar-refractivity contribution in [3.8, 4) is 0 Å². The molecule has 0 radical (unpaired) electrons. The van der Waals surface area contributed by atoms with E-state index < -0.39 is 6.04 Å². The first-order valence-corrected chi connectivity index (χ1v) is 11.4. The van der Waals surface area contributed by atoms with Crippen molar-refractivity contribution in [3.05, 3.63) is 71.3 Å². The molecule has 1 atom stereocenters. The summed E-state index contributed by atoms with van der Waals surface area (Å²) in [7, 11) is 0. The van der Waals surface area contributed by atoms with Gasteiger partial charge in [-0.3, -0.25) is 9.59 Å². The number of rotatable bonds is 11. The van der Waals surface area contributed by atoms with E-state index >= 15 is 0 Å². The van der Waals surface area contributed by atoms with Crippen LogP contribution in [0.4, 0.5) is 0 Å². The molecule has 2 aromatic rings. The maximum Gasteiger partial charge on any atom is 0.242 e. The van der Waals surface area contributed by atoms with Crippen LogP contribution in [0.1, 0.15) is 43.4 Å². The van der Waals surface area contributed by atoms with Crippen molar-refractivity contribution in [1.29, 1.82) is 0 Å². The zero-order chi connectivity index (χ0) is 21.1. The SMILES string of the molecule is CCCNC(=O)C(C)N(Cc1cccc(C)c1)C(=O)CCSCc1ccccc1. The molecule has 4 nitrogen and oxygen atoms in total. The highest BCUT2D eigenvalue weighted by atomic mass is 32.2. The zero-order valence-corrected chi connectivity index (χ0v) is 18.5. The molecule has 0 heterocycles. The smallest absolute Gasteiger partial charge is 0.242 e. The number of nitrogens with zero attached hydrogens (tertiary/aromatic N) is 1. The fraction of sp³-hybridized carbons (Fsp3) is 0.417. The van der Waals surface area contributed by atoms with Crippen LogP contribution >= 0.6 is 11.8 Å². The van der Waals surface area contributed by atoms with Crippen molar-refractivity contribution in [3.63, 3.8) is 0 Å². The summed E-state index contributed by atoms with van der Waals surface area (Å²) >= 11 is 1.75. The van der Waals surface area contributed by atoms with Crippen molar-refractivity contribution in [2.45, 2.75) is 52.0 Å². The molecule has 0 aromatic heterocycles. The standard InChI is InChI=1S/C24H32N2O2S/c1-4-14-25-24(28)20(3)26(17-22-12-8-9-19(2)16-22)23(27)13-15-29-18-21-10-6-5-7-11-21/h5-12,16,20H,4,13-15,17-18H2,1-3H3,(H,25,28). The Morgan fingerprint density at radius 3 is 2.48 bits per heavy atom. The number of nitrogens with one attached hydrogen (secondary N) is 1. The molecular weight excluding hydrogens is 380 g/mol. The molecule has 0 spiro atoms. The van der Waals surface area contributed by atoms with E-state index in [1.165, 1.54) is 5.56 Å². The molecule has 29 heavy (non-hydrogen) atoms. The van der Waals surface area contributed by atoms with Crippen molar-refractivity contribution in [2.24, 2.45) is 0 Å². The van der Waals surface area contributed by atoms with Gasteiger partial charge in [0.15, 0.2) is 0 Å². The molecule has 1 unspecified atom stereocenters. The van der Waals surface area contributed by atoms with E-state index in [0.29, 0.717) is 19.5 Å². The Morgan fingerprint density at radius 2 is 1.79 bits per heavy atom. The van der Waals surface area contributed by atoms with Crippen LogP contribution in [0, 0.1) is 6.92 Å². The first-order valence-electron chi connectivity index (χ1n) is 10.3. The van der Waals surface area contributed by atoms with E-state index in [1.807, 2.05) is 57.2 Å². The van der Waals surface area contributed by atoms with Gasteiger partial charge in [0, 0.05) is 31.0 Å². The lowest BCUT2D eigenvalue weighted by Crippen LogP contribution is -2.47. The quantitative estimate of drug-likeness (QED) is 0.550. The van der Waals surface area contributed by atoms with Gasteiger partial charge in [-0.25, -0.2) is 0 Å². The Hall–Kier alpha value is -2.27. The molecular formula is C24H32N2O2S. The average molecular weight is 413 g/mol. The van der Waals surface area contributed by atoms with Crippen LogP contribution in [0.5, 0.6) is 0 Å². The third kappa shape index (κ3) is 7.94. The Bertz CT molecular complexity index is 779. The number of hydrogen-bond acceptors (Lipinski definition) is 3. The maximum atomic E-state index is 13.0. The van der Waals surface area contributed by atoms with Gasteiger partial charge in [-0.1, -0.05) is 67.1 Å². The molecule has 0 aliphatic carbocycles. The van der Waals surface area contributed by atoms with E-state index in [2.05, 4.69) is 23.5 Å². The summed E-state index contributed by atoms with van der Waals surface area (Å²) in [4.78, 5) is 27.2. The second-order valence-corrected chi connectivity index (χ2v) is 8.37. The molecule has 0 aliphatic heterocycles. The number of aryl methyl sites for hydroxylation is 1. The second-order valence-electron chi connectivity index (χ2n) is 7.27. The Kier molecular flexibility index (Phi) is 9.78. The normalized spacial score (nSPS) is 11.7. The highest BCUT2D eigenvalue weighted by molar-refractivity contribution is 7.98. The lowest BCUT2D eigenvalue weighted by Gasteiger charge is -2.29. The average Bonchev–Trinajstić information content (AvgIpc) is 2.73. The summed E-state index contributed by atoms with van der Waals surface area (Å²) in [5, 5.41) is 2.92. The lowest BCUT2D eigenvalue weighted by molar-refractivity contribution is -0.140. The molecule has 0 fully saturated rings. The Balaban J connectivity index is 1.98. The van der Waals surface area contributed by atoms with Crippen molar-refractivity contribution >= 4 is 23.6 Å². The maximum absolute atomic E-state index is 13.0. The molecule has 2 aromatic carbocycles. The number of carbonyl (C=O) groups excluding carboxylic acids is 2. The summed E-state index contributed by atoms with van der Waals surface area (Å²) < 4.78 is 0. The zero-order valence-electron chi connectivity index (χ0n) is 17.7. The van der Waals surface area contributed by atoms with Gasteiger partial charge in [-0.2, -0.15) is 11.8 Å². The predicted molar refractivity (Wildman–Crippen MR) is 122 cm³/mol. The van der Waals surface area contributed by atoms with Gasteiger partial charge in [-0.05, 0) is 31.4 Å². The highest BCUT2D eigenvalue weighted by Gasteiger charge is 2.25. The van der Waals surface area contributed by atoms with Crippen LogP contribution in [0.2, 0.25) is 0 Å². The van der Waals surface area contributed by atoms with E-state index in [9.17, 15) is 9.59 Å². The third-order valence-corrected chi connectivity index (χ3v) is 5.75. The number of hydrogen-bond donors (Lipinski definition) is 1. The van der Waals surface area contributed by atoms with Gasteiger partial charge in [0.05, 0.1) is 0 Å². The molecule has 1 N–H and O–H groups in total. The first-order chi connectivity index (χ1) is 14.0. The van der Waals surface area contributed by atoms with Gasteiger partial charge >= 0.3 is 0 Å². The van der Waals surface area contributed by atoms with E-state index in [1.54, 1.807) is 16.7 Å². The second kappa shape index (κ2) is 12.3. The Morgan fingerprint density at radius 1 is 1.07 bits per heavy atom. The summed E-state index contributed by atoms with van der Waals surface area (Å²) in [6.45, 7) is 6.95. The third-order valence-electron chi connectivity index (χ3n) is 4.72. The highest BCUT2D eigenvalue weighted by Crippen LogP contribution is 2.16. The van der Waals surface area contributed by atoms with Gasteiger partial charge in [0.25, 0.3) is 0 Å². The van der Waals surface area contributed by atoms with Crippen LogP contribution in [-0.2, 0) is 21.9 Å². The summed E-state index contributed by atoms with van der Waals surface area (Å²) in [6.07, 6.45) is 1.30. The lowest BCUT2D eigenvalue weighted by atomic mass is 10.1. The predicted octanol–water partition coefficient (Wildman–Crippen LogP) is 4.56. The van der Waals surface area contributed by atoms with E-state index in [0.717, 1.165) is 29.1 Å². The van der Waals surface area contributed by atoms with Crippen LogP contribution in [0.25, 0.3) is 0 Å². The minimum Gasteiger partial charge on any atom is -0.354 e. The largest absolute Gasteiger partial charge is 0.354 e. The van der Waals surface area contributed by atoms with Crippen LogP contribution < -0.4 is 5.32 Å². The van der Waals surface area contributed by atoms with Gasteiger partial charge < -0.3 is 10.2 Å². The van der Waals surface area contributed by atoms with Crippen LogP contribution in [0.15, 0.2) is 54.6 Å². The van der Waals surface area contributed by atoms with Gasteiger partial charge in [0.1, 0.15) is 6.04 Å². The Labute approximate surface area is 179 Å². The molecule has 156 valence electrons. The number of thioether (sulfide) groups is 1. The fourth-order valence-corrected chi connectivity index (χ4v) is 3.94. The van der Waals surface area contributed by atoms with Crippen LogP contribution in [-0.4, -0.2) is 35.1 Å². The monoisotopic (exact) mass is 412 g/mol. The molecule has 0 aliphatic rings. The number of benzene rings is 2. The molecule has 0 bridgehead atoms. The van der Waals surface area contributed by atoms with Crippen LogP contribution in [0.3, 0.4) is 0 Å². The minimum absolute atomic E-state index is 0.0196. The molecule has 0 saturated heterocycles.